The molecule has 2 saturated heterocycles. The molecule has 65 heavy (non-hydrogen) atoms. The molecule has 1 amide bonds. The number of rotatable bonds is 17. The second-order valence-electron chi connectivity index (χ2n) is 16.2. The number of sulfone groups is 1. The molecular formula is C47H50ClF3N4O7S3. The zero-order chi connectivity index (χ0) is 46.4. The van der Waals surface area contributed by atoms with E-state index in [1.54, 1.807) is 12.1 Å². The first-order valence-corrected chi connectivity index (χ1v) is 25.6. The summed E-state index contributed by atoms with van der Waals surface area (Å²) in [5.41, 5.74) is -2.79. The third-order valence-electron chi connectivity index (χ3n) is 12.0. The normalized spacial score (nSPS) is 17.4. The molecule has 2 aliphatic rings. The summed E-state index contributed by atoms with van der Waals surface area (Å²) in [5, 5.41) is 24.7. The van der Waals surface area contributed by atoms with Crippen LogP contribution in [0.3, 0.4) is 0 Å². The van der Waals surface area contributed by atoms with Gasteiger partial charge in [0.05, 0.1) is 23.3 Å². The molecule has 2 aliphatic heterocycles. The van der Waals surface area contributed by atoms with E-state index in [1.807, 2.05) is 83.6 Å². The maximum Gasteiger partial charge on any atom is 0.501 e. The second-order valence-corrected chi connectivity index (χ2v) is 21.3. The van der Waals surface area contributed by atoms with Crippen molar-refractivity contribution in [2.75, 3.05) is 48.8 Å². The molecule has 2 unspecified atom stereocenters. The maximum absolute atomic E-state index is 14.2. The largest absolute Gasteiger partial charge is 0.501 e. The number of piperidine rings is 1. The number of thioether (sulfide) groups is 1. The number of amides is 1. The van der Waals surface area contributed by atoms with Crippen LogP contribution in [-0.2, 0) is 19.9 Å². The van der Waals surface area contributed by atoms with Crippen LogP contribution in [0.2, 0.25) is 5.02 Å². The van der Waals surface area contributed by atoms with Crippen molar-refractivity contribution in [1.82, 2.24) is 9.62 Å². The standard InChI is InChI=1S/C47H50ClF3N4O7S3/c48-35-16-12-32(13-17-35)41-10-4-5-11-42(41)45(57)33-22-25-55(26-23-33)37-18-14-34(15-19-37)46(58)53-65(61,62)40-20-21-43(44(30-40)64(59,60)47(49,50)51)52-36(31-63-39-8-2-1-3-9-39)29-38-7-6-24-54(38)27-28-56/h1-5,8-21,30,33,36,38,45,52,56-57H,6-7,22-29,31H2,(H,53,58)/t36?,38?,45-/m1/s1. The lowest BCUT2D eigenvalue weighted by Crippen LogP contribution is -2.38. The number of nitrogens with one attached hydrogen (secondary N) is 2. The summed E-state index contributed by atoms with van der Waals surface area (Å²) in [5.74, 6) is -0.759. The van der Waals surface area contributed by atoms with Crippen molar-refractivity contribution >= 4 is 60.5 Å². The molecule has 0 aromatic heterocycles. The van der Waals surface area contributed by atoms with E-state index in [9.17, 15) is 45.0 Å². The van der Waals surface area contributed by atoms with E-state index in [0.29, 0.717) is 55.7 Å². The van der Waals surface area contributed by atoms with Crippen molar-refractivity contribution in [3.63, 3.8) is 0 Å². The van der Waals surface area contributed by atoms with E-state index in [0.717, 1.165) is 58.8 Å². The van der Waals surface area contributed by atoms with Crippen LogP contribution in [0, 0.1) is 5.92 Å². The molecule has 0 bridgehead atoms. The number of hydrogen-bond donors (Lipinski definition) is 4. The third-order valence-corrected chi connectivity index (χ3v) is 16.3. The first-order valence-electron chi connectivity index (χ1n) is 21.2. The Morgan fingerprint density at radius 3 is 2.20 bits per heavy atom. The van der Waals surface area contributed by atoms with Crippen LogP contribution in [0.25, 0.3) is 11.1 Å². The van der Waals surface area contributed by atoms with Gasteiger partial charge in [-0.05, 0) is 128 Å². The van der Waals surface area contributed by atoms with E-state index >= 15 is 0 Å². The maximum atomic E-state index is 14.2. The first kappa shape index (κ1) is 48.3. The van der Waals surface area contributed by atoms with Crippen LogP contribution in [0.15, 0.2) is 136 Å². The van der Waals surface area contributed by atoms with Crippen molar-refractivity contribution in [3.05, 3.63) is 137 Å². The molecule has 0 aliphatic carbocycles. The van der Waals surface area contributed by atoms with Gasteiger partial charge in [-0.2, -0.15) is 13.2 Å². The fourth-order valence-corrected chi connectivity index (χ4v) is 11.7. The highest BCUT2D eigenvalue weighted by atomic mass is 35.5. The number of halogens is 4. The zero-order valence-electron chi connectivity index (χ0n) is 35.2. The van der Waals surface area contributed by atoms with Gasteiger partial charge in [0.2, 0.25) is 0 Å². The van der Waals surface area contributed by atoms with Crippen LogP contribution in [0.4, 0.5) is 24.5 Å². The number of β-amino-alcohol motifs (C(OH)–C–C–N with tert-alkyl or cyclic N) is 1. The van der Waals surface area contributed by atoms with Crippen molar-refractivity contribution in [2.24, 2.45) is 5.92 Å². The number of carbonyl (C=O) groups excluding carboxylic acids is 1. The summed E-state index contributed by atoms with van der Waals surface area (Å²) in [4.78, 5) is 16.3. The predicted octanol–water partition coefficient (Wildman–Crippen LogP) is 8.79. The fraction of sp³-hybridized carbons (Fsp3) is 0.340. The highest BCUT2D eigenvalue weighted by molar-refractivity contribution is 7.99. The van der Waals surface area contributed by atoms with Gasteiger partial charge < -0.3 is 20.4 Å². The molecule has 2 fully saturated rings. The quantitative estimate of drug-likeness (QED) is 0.0661. The molecule has 5 aromatic rings. The van der Waals surface area contributed by atoms with Gasteiger partial charge in [-0.25, -0.2) is 21.6 Å². The Labute approximate surface area is 387 Å². The van der Waals surface area contributed by atoms with Crippen LogP contribution >= 0.6 is 23.4 Å². The average molecular weight is 972 g/mol. The molecule has 0 saturated carbocycles. The molecule has 18 heteroatoms. The van der Waals surface area contributed by atoms with Gasteiger partial charge in [-0.1, -0.05) is 66.2 Å². The number of anilines is 2. The number of nitrogens with zero attached hydrogens (tertiary/aromatic N) is 2. The summed E-state index contributed by atoms with van der Waals surface area (Å²) in [7, 11) is -11.0. The number of carbonyl (C=O) groups is 1. The minimum atomic E-state index is -6.10. The highest BCUT2D eigenvalue weighted by Crippen LogP contribution is 2.39. The molecular weight excluding hydrogens is 921 g/mol. The number of aliphatic hydroxyl groups is 2. The van der Waals surface area contributed by atoms with Gasteiger partial charge in [0, 0.05) is 58.6 Å². The SMILES string of the molecule is O=C(NS(=O)(=O)c1ccc(NC(CSc2ccccc2)CC2CCCN2CCO)c(S(=O)(=O)C(F)(F)F)c1)c1ccc(N2CCC([C@@H](O)c3ccccc3-c3ccc(Cl)cc3)CC2)cc1. The average Bonchev–Trinajstić information content (AvgIpc) is 3.74. The Morgan fingerprint density at radius 2 is 1.52 bits per heavy atom. The van der Waals surface area contributed by atoms with Crippen LogP contribution in [-0.4, -0.2) is 94.0 Å². The van der Waals surface area contributed by atoms with Crippen LogP contribution < -0.4 is 14.9 Å². The lowest BCUT2D eigenvalue weighted by atomic mass is 9.84. The Kier molecular flexibility index (Phi) is 15.5. The number of hydrogen-bond acceptors (Lipinski definition) is 11. The Morgan fingerprint density at radius 1 is 0.846 bits per heavy atom. The van der Waals surface area contributed by atoms with Gasteiger partial charge in [-0.3, -0.25) is 9.69 Å². The number of aliphatic hydroxyl groups excluding tert-OH is 2. The predicted molar refractivity (Wildman–Crippen MR) is 248 cm³/mol. The van der Waals surface area contributed by atoms with Gasteiger partial charge in [0.1, 0.15) is 4.90 Å². The molecule has 11 nitrogen and oxygen atoms in total. The fourth-order valence-electron chi connectivity index (χ4n) is 8.59. The first-order chi connectivity index (χ1) is 31.0. The van der Waals surface area contributed by atoms with Gasteiger partial charge in [-0.15, -0.1) is 11.8 Å². The summed E-state index contributed by atoms with van der Waals surface area (Å²) in [6.45, 7) is 2.28. The van der Waals surface area contributed by atoms with E-state index in [4.69, 9.17) is 11.6 Å². The van der Waals surface area contributed by atoms with Gasteiger partial charge in [0.15, 0.2) is 0 Å². The molecule has 2 heterocycles. The second kappa shape index (κ2) is 20.9. The molecule has 346 valence electrons. The van der Waals surface area contributed by atoms with Crippen molar-refractivity contribution < 1.29 is 45.0 Å². The van der Waals surface area contributed by atoms with Gasteiger partial charge >= 0.3 is 5.51 Å². The number of likely N-dealkylation sites (tertiary alicyclic amines) is 1. The Bertz CT molecular complexity index is 2640. The van der Waals surface area contributed by atoms with E-state index in [2.05, 4.69) is 15.1 Å². The molecule has 0 spiro atoms. The van der Waals surface area contributed by atoms with Crippen LogP contribution in [0.5, 0.6) is 0 Å². The molecule has 7 rings (SSSR count). The third kappa shape index (κ3) is 11.7. The minimum absolute atomic E-state index is 0.0215. The van der Waals surface area contributed by atoms with Crippen molar-refractivity contribution in [1.29, 1.82) is 0 Å². The van der Waals surface area contributed by atoms with Crippen LogP contribution in [0.1, 0.15) is 54.1 Å². The number of sulfonamides is 1. The minimum Gasteiger partial charge on any atom is -0.395 e. The summed E-state index contributed by atoms with van der Waals surface area (Å²) < 4.78 is 97.9. The monoisotopic (exact) mass is 970 g/mol. The molecule has 0 radical (unpaired) electrons. The molecule has 5 aromatic carbocycles. The van der Waals surface area contributed by atoms with Crippen molar-refractivity contribution in [2.45, 2.75) is 70.5 Å². The number of alkyl halides is 3. The van der Waals surface area contributed by atoms with E-state index in [-0.39, 0.29) is 24.1 Å². The Hall–Kier alpha value is -4.62. The summed E-state index contributed by atoms with van der Waals surface area (Å²) in [6.07, 6.45) is 2.67. The van der Waals surface area contributed by atoms with E-state index < -0.39 is 58.9 Å². The smallest absolute Gasteiger partial charge is 0.395 e. The summed E-state index contributed by atoms with van der Waals surface area (Å²) >= 11 is 7.52. The molecule has 4 N–H and O–H groups in total. The molecule has 3 atom stereocenters. The zero-order valence-corrected chi connectivity index (χ0v) is 38.4. The van der Waals surface area contributed by atoms with Crippen molar-refractivity contribution in [3.8, 4) is 11.1 Å². The lowest BCUT2D eigenvalue weighted by Gasteiger charge is -2.36. The topological polar surface area (TPSA) is 156 Å². The lowest BCUT2D eigenvalue weighted by molar-refractivity contribution is -0.0435. The summed E-state index contributed by atoms with van der Waals surface area (Å²) in [6, 6.07) is 32.4. The van der Waals surface area contributed by atoms with E-state index in [1.165, 1.54) is 23.9 Å². The number of benzene rings is 5. The Balaban J connectivity index is 1.04. The van der Waals surface area contributed by atoms with Gasteiger partial charge in [0.25, 0.3) is 25.8 Å². The highest BCUT2D eigenvalue weighted by Gasteiger charge is 2.48.